The van der Waals surface area contributed by atoms with E-state index in [0.717, 1.165) is 34.4 Å². The van der Waals surface area contributed by atoms with E-state index < -0.39 is 0 Å². The van der Waals surface area contributed by atoms with Crippen LogP contribution in [0.1, 0.15) is 30.9 Å². The number of rotatable bonds is 3. The Morgan fingerprint density at radius 2 is 2.10 bits per heavy atom. The Morgan fingerprint density at radius 1 is 1.30 bits per heavy atom. The van der Waals surface area contributed by atoms with Gasteiger partial charge in [-0.2, -0.15) is 0 Å². The lowest BCUT2D eigenvalue weighted by atomic mass is 9.99. The van der Waals surface area contributed by atoms with Gasteiger partial charge in [-0.3, -0.25) is 0 Å². The van der Waals surface area contributed by atoms with Crippen LogP contribution < -0.4 is 10.5 Å². The van der Waals surface area contributed by atoms with Gasteiger partial charge in [-0.25, -0.2) is 0 Å². The third-order valence-electron chi connectivity index (χ3n) is 4.83. The van der Waals surface area contributed by atoms with Crippen molar-refractivity contribution in [2.45, 2.75) is 25.2 Å². The molecular formula is C16H18N2O2. The average molecular weight is 270 g/mol. The SMILES string of the molecule is COc1cccc(-c2c(C3C4CCCC43)noc2N)c1. The summed E-state index contributed by atoms with van der Waals surface area (Å²) < 4.78 is 10.6. The third-order valence-corrected chi connectivity index (χ3v) is 4.83. The molecule has 4 nitrogen and oxygen atoms in total. The van der Waals surface area contributed by atoms with Crippen LogP contribution in [0.25, 0.3) is 11.1 Å². The number of aromatic nitrogens is 1. The Bertz CT molecular complexity index is 640. The van der Waals surface area contributed by atoms with Gasteiger partial charge in [-0.15, -0.1) is 0 Å². The molecule has 0 saturated heterocycles. The zero-order chi connectivity index (χ0) is 13.7. The minimum atomic E-state index is 0.415. The fraction of sp³-hybridized carbons (Fsp3) is 0.438. The number of hydrogen-bond donors (Lipinski definition) is 1. The number of benzene rings is 1. The molecule has 2 atom stereocenters. The lowest BCUT2D eigenvalue weighted by Gasteiger charge is -2.06. The third kappa shape index (κ3) is 1.64. The van der Waals surface area contributed by atoms with E-state index in [9.17, 15) is 0 Å². The van der Waals surface area contributed by atoms with E-state index >= 15 is 0 Å². The van der Waals surface area contributed by atoms with E-state index in [1.54, 1.807) is 7.11 Å². The van der Waals surface area contributed by atoms with E-state index in [-0.39, 0.29) is 0 Å². The zero-order valence-corrected chi connectivity index (χ0v) is 11.5. The first-order valence-corrected chi connectivity index (χ1v) is 7.19. The second-order valence-corrected chi connectivity index (χ2v) is 5.82. The molecule has 1 heterocycles. The topological polar surface area (TPSA) is 61.3 Å². The normalized spacial score (nSPS) is 27.4. The van der Waals surface area contributed by atoms with Crippen LogP contribution in [-0.2, 0) is 0 Å². The van der Waals surface area contributed by atoms with Crippen LogP contribution in [0.5, 0.6) is 5.75 Å². The number of nitrogens with two attached hydrogens (primary N) is 1. The number of nitrogens with zero attached hydrogens (tertiary/aromatic N) is 1. The Balaban J connectivity index is 1.76. The van der Waals surface area contributed by atoms with Gasteiger partial charge in [0.1, 0.15) is 5.75 Å². The van der Waals surface area contributed by atoms with Crippen molar-refractivity contribution >= 4 is 5.88 Å². The first-order chi connectivity index (χ1) is 9.79. The molecule has 20 heavy (non-hydrogen) atoms. The van der Waals surface area contributed by atoms with Crippen molar-refractivity contribution in [3.63, 3.8) is 0 Å². The maximum Gasteiger partial charge on any atom is 0.230 e. The van der Waals surface area contributed by atoms with E-state index in [0.29, 0.717) is 11.8 Å². The van der Waals surface area contributed by atoms with Gasteiger partial charge in [0.15, 0.2) is 0 Å². The molecule has 2 aliphatic rings. The maximum absolute atomic E-state index is 6.01. The standard InChI is InChI=1S/C16H18N2O2/c1-19-10-5-2-4-9(8-10)13-15(18-20-16(13)17)14-11-6-3-7-12(11)14/h2,4-5,8,11-12,14H,3,6-7,17H2,1H3. The second-order valence-electron chi connectivity index (χ2n) is 5.82. The molecule has 0 spiro atoms. The van der Waals surface area contributed by atoms with E-state index in [1.807, 2.05) is 24.3 Å². The lowest BCUT2D eigenvalue weighted by molar-refractivity contribution is 0.415. The highest BCUT2D eigenvalue weighted by molar-refractivity contribution is 5.77. The molecule has 4 rings (SSSR count). The molecular weight excluding hydrogens is 252 g/mol. The van der Waals surface area contributed by atoms with Crippen molar-refractivity contribution in [1.82, 2.24) is 5.16 Å². The predicted octanol–water partition coefficient (Wildman–Crippen LogP) is 3.45. The largest absolute Gasteiger partial charge is 0.497 e. The van der Waals surface area contributed by atoms with Crippen LogP contribution in [0, 0.1) is 11.8 Å². The predicted molar refractivity (Wildman–Crippen MR) is 76.5 cm³/mol. The minimum absolute atomic E-state index is 0.415. The number of ether oxygens (including phenoxy) is 1. The highest BCUT2D eigenvalue weighted by Gasteiger charge is 2.55. The van der Waals surface area contributed by atoms with Crippen molar-refractivity contribution in [3.8, 4) is 16.9 Å². The number of anilines is 1. The molecule has 0 amide bonds. The quantitative estimate of drug-likeness (QED) is 0.928. The molecule has 2 saturated carbocycles. The van der Waals surface area contributed by atoms with Crippen LogP contribution in [0.4, 0.5) is 5.88 Å². The summed E-state index contributed by atoms with van der Waals surface area (Å²) in [7, 11) is 1.67. The van der Waals surface area contributed by atoms with Crippen molar-refractivity contribution in [2.24, 2.45) is 11.8 Å². The van der Waals surface area contributed by atoms with Crippen LogP contribution in [0.3, 0.4) is 0 Å². The van der Waals surface area contributed by atoms with Gasteiger partial charge in [0.2, 0.25) is 5.88 Å². The summed E-state index contributed by atoms with van der Waals surface area (Å²) in [6.07, 6.45) is 3.99. The summed E-state index contributed by atoms with van der Waals surface area (Å²) >= 11 is 0. The second kappa shape index (κ2) is 4.27. The van der Waals surface area contributed by atoms with Gasteiger partial charge in [0.05, 0.1) is 18.4 Å². The Morgan fingerprint density at radius 3 is 2.85 bits per heavy atom. The molecule has 0 aliphatic heterocycles. The molecule has 2 fully saturated rings. The summed E-state index contributed by atoms with van der Waals surface area (Å²) in [5, 5.41) is 4.25. The monoisotopic (exact) mass is 270 g/mol. The van der Waals surface area contributed by atoms with E-state index in [2.05, 4.69) is 5.16 Å². The molecule has 1 aromatic carbocycles. The zero-order valence-electron chi connectivity index (χ0n) is 11.5. The number of fused-ring (bicyclic) bond motifs is 1. The minimum Gasteiger partial charge on any atom is -0.497 e. The van der Waals surface area contributed by atoms with Crippen LogP contribution in [0.15, 0.2) is 28.8 Å². The Kier molecular flexibility index (Phi) is 2.52. The van der Waals surface area contributed by atoms with E-state index in [4.69, 9.17) is 15.0 Å². The average Bonchev–Trinajstić information content (AvgIpc) is 2.83. The van der Waals surface area contributed by atoms with Gasteiger partial charge >= 0.3 is 0 Å². The summed E-state index contributed by atoms with van der Waals surface area (Å²) in [6, 6.07) is 7.93. The van der Waals surface area contributed by atoms with Crippen LogP contribution >= 0.6 is 0 Å². The summed E-state index contributed by atoms with van der Waals surface area (Å²) in [5.74, 6) is 3.38. The van der Waals surface area contributed by atoms with Gasteiger partial charge in [-0.05, 0) is 42.4 Å². The maximum atomic E-state index is 6.01. The number of methoxy groups -OCH3 is 1. The smallest absolute Gasteiger partial charge is 0.230 e. The summed E-state index contributed by atoms with van der Waals surface area (Å²) in [6.45, 7) is 0. The molecule has 2 N–H and O–H groups in total. The molecule has 2 aromatic rings. The van der Waals surface area contributed by atoms with Crippen molar-refractivity contribution in [2.75, 3.05) is 12.8 Å². The van der Waals surface area contributed by atoms with Crippen molar-refractivity contribution in [3.05, 3.63) is 30.0 Å². The Labute approximate surface area is 117 Å². The molecule has 104 valence electrons. The van der Waals surface area contributed by atoms with Gasteiger partial charge in [0, 0.05) is 5.92 Å². The number of hydrogen-bond acceptors (Lipinski definition) is 4. The van der Waals surface area contributed by atoms with Gasteiger partial charge in [0.25, 0.3) is 0 Å². The molecule has 2 aliphatic carbocycles. The van der Waals surface area contributed by atoms with Crippen LogP contribution in [0.2, 0.25) is 0 Å². The highest BCUT2D eigenvalue weighted by Crippen LogP contribution is 2.64. The van der Waals surface area contributed by atoms with Gasteiger partial charge in [-0.1, -0.05) is 23.7 Å². The summed E-state index contributed by atoms with van der Waals surface area (Å²) in [4.78, 5) is 0. The first-order valence-electron chi connectivity index (χ1n) is 7.19. The fourth-order valence-corrected chi connectivity index (χ4v) is 3.84. The number of nitrogen functional groups attached to an aromatic ring is 1. The fourth-order valence-electron chi connectivity index (χ4n) is 3.84. The van der Waals surface area contributed by atoms with Crippen molar-refractivity contribution < 1.29 is 9.26 Å². The molecule has 2 unspecified atom stereocenters. The van der Waals surface area contributed by atoms with Crippen LogP contribution in [-0.4, -0.2) is 12.3 Å². The first kappa shape index (κ1) is 11.8. The Hall–Kier alpha value is -1.97. The lowest BCUT2D eigenvalue weighted by Crippen LogP contribution is -1.93. The molecule has 0 bridgehead atoms. The van der Waals surface area contributed by atoms with E-state index in [1.165, 1.54) is 19.3 Å². The summed E-state index contributed by atoms with van der Waals surface area (Å²) in [5.41, 5.74) is 9.05. The van der Waals surface area contributed by atoms with Crippen molar-refractivity contribution in [1.29, 1.82) is 0 Å². The molecule has 1 aromatic heterocycles. The van der Waals surface area contributed by atoms with Gasteiger partial charge < -0.3 is 15.0 Å². The molecule has 4 heteroatoms. The molecule has 0 radical (unpaired) electrons. The highest BCUT2D eigenvalue weighted by atomic mass is 16.5.